The molecule has 0 aromatic heterocycles. The lowest BCUT2D eigenvalue weighted by Gasteiger charge is -2.25. The zero-order valence-corrected chi connectivity index (χ0v) is 12.3. The maximum atomic E-state index is 11.9. The van der Waals surface area contributed by atoms with E-state index in [1.165, 1.54) is 5.56 Å². The summed E-state index contributed by atoms with van der Waals surface area (Å²) in [4.78, 5) is 14.0. The van der Waals surface area contributed by atoms with Gasteiger partial charge in [0.05, 0.1) is 6.04 Å². The van der Waals surface area contributed by atoms with E-state index in [9.17, 15) is 4.79 Å². The van der Waals surface area contributed by atoms with Gasteiger partial charge >= 0.3 is 0 Å². The van der Waals surface area contributed by atoms with E-state index >= 15 is 0 Å². The average Bonchev–Trinajstić information content (AvgIpc) is 2.39. The van der Waals surface area contributed by atoms with E-state index in [0.717, 1.165) is 12.0 Å². The molecular weight excluding hydrogens is 236 g/mol. The van der Waals surface area contributed by atoms with Crippen LogP contribution >= 0.6 is 0 Å². The van der Waals surface area contributed by atoms with Gasteiger partial charge in [-0.15, -0.1) is 0 Å². The largest absolute Gasteiger partial charge is 0.350 e. The van der Waals surface area contributed by atoms with E-state index in [2.05, 4.69) is 22.3 Å². The Kier molecular flexibility index (Phi) is 6.30. The molecule has 0 radical (unpaired) electrons. The van der Waals surface area contributed by atoms with Crippen LogP contribution < -0.4 is 5.32 Å². The van der Waals surface area contributed by atoms with Gasteiger partial charge in [0.15, 0.2) is 0 Å². The molecule has 1 rings (SSSR count). The topological polar surface area (TPSA) is 32.3 Å². The SMILES string of the molecule is CC/C=C(\C)C(=O)NC[C@H](c1ccccc1)N(C)C. The summed E-state index contributed by atoms with van der Waals surface area (Å²) >= 11 is 0. The minimum Gasteiger partial charge on any atom is -0.350 e. The Morgan fingerprint density at radius 2 is 1.95 bits per heavy atom. The molecule has 1 amide bonds. The van der Waals surface area contributed by atoms with Crippen LogP contribution in [0.2, 0.25) is 0 Å². The molecule has 0 aliphatic heterocycles. The number of amides is 1. The lowest BCUT2D eigenvalue weighted by Crippen LogP contribution is -2.34. The lowest BCUT2D eigenvalue weighted by atomic mass is 10.1. The maximum absolute atomic E-state index is 11.9. The van der Waals surface area contributed by atoms with Gasteiger partial charge in [-0.3, -0.25) is 4.79 Å². The molecule has 0 heterocycles. The summed E-state index contributed by atoms with van der Waals surface area (Å²) < 4.78 is 0. The van der Waals surface area contributed by atoms with Crippen molar-refractivity contribution in [3.05, 3.63) is 47.5 Å². The van der Waals surface area contributed by atoms with Crippen LogP contribution in [-0.4, -0.2) is 31.4 Å². The Balaban J connectivity index is 2.67. The summed E-state index contributed by atoms with van der Waals surface area (Å²) in [5.41, 5.74) is 2.00. The van der Waals surface area contributed by atoms with Crippen molar-refractivity contribution in [3.63, 3.8) is 0 Å². The lowest BCUT2D eigenvalue weighted by molar-refractivity contribution is -0.117. The Hall–Kier alpha value is -1.61. The first-order valence-electron chi connectivity index (χ1n) is 6.72. The van der Waals surface area contributed by atoms with Crippen molar-refractivity contribution in [3.8, 4) is 0 Å². The molecule has 1 N–H and O–H groups in total. The van der Waals surface area contributed by atoms with Crippen LogP contribution in [0.4, 0.5) is 0 Å². The molecule has 3 nitrogen and oxygen atoms in total. The number of benzene rings is 1. The molecule has 1 aromatic rings. The fourth-order valence-corrected chi connectivity index (χ4v) is 2.00. The second-order valence-corrected chi connectivity index (χ2v) is 4.90. The quantitative estimate of drug-likeness (QED) is 0.798. The number of hydrogen-bond acceptors (Lipinski definition) is 2. The molecule has 19 heavy (non-hydrogen) atoms. The van der Waals surface area contributed by atoms with Crippen LogP contribution in [0, 0.1) is 0 Å². The molecule has 0 saturated carbocycles. The van der Waals surface area contributed by atoms with E-state index in [1.807, 2.05) is 52.2 Å². The third-order valence-corrected chi connectivity index (χ3v) is 3.13. The summed E-state index contributed by atoms with van der Waals surface area (Å²) in [6.07, 6.45) is 2.83. The Labute approximate surface area is 116 Å². The third-order valence-electron chi connectivity index (χ3n) is 3.13. The monoisotopic (exact) mass is 260 g/mol. The molecule has 0 saturated heterocycles. The Morgan fingerprint density at radius 3 is 2.47 bits per heavy atom. The third kappa shape index (κ3) is 4.87. The summed E-state index contributed by atoms with van der Waals surface area (Å²) in [7, 11) is 4.05. The molecule has 0 aliphatic rings. The van der Waals surface area contributed by atoms with Gasteiger partial charge in [0, 0.05) is 12.1 Å². The average molecular weight is 260 g/mol. The second kappa shape index (κ2) is 7.74. The maximum Gasteiger partial charge on any atom is 0.246 e. The molecule has 0 bridgehead atoms. The number of allylic oxidation sites excluding steroid dienone is 1. The van der Waals surface area contributed by atoms with Gasteiger partial charge in [0.2, 0.25) is 5.91 Å². The van der Waals surface area contributed by atoms with Crippen molar-refractivity contribution in [2.45, 2.75) is 26.3 Å². The highest BCUT2D eigenvalue weighted by atomic mass is 16.1. The fraction of sp³-hybridized carbons (Fsp3) is 0.438. The Bertz CT molecular complexity index is 424. The van der Waals surface area contributed by atoms with Crippen LogP contribution in [0.3, 0.4) is 0 Å². The molecule has 104 valence electrons. The predicted molar refractivity (Wildman–Crippen MR) is 79.9 cm³/mol. The molecule has 0 aliphatic carbocycles. The molecule has 0 spiro atoms. The van der Waals surface area contributed by atoms with Gasteiger partial charge in [0.25, 0.3) is 0 Å². The highest BCUT2D eigenvalue weighted by Gasteiger charge is 2.15. The molecule has 0 fully saturated rings. The first-order chi connectivity index (χ1) is 9.06. The number of rotatable bonds is 6. The number of carbonyl (C=O) groups excluding carboxylic acids is 1. The minimum absolute atomic E-state index is 0.0182. The number of hydrogen-bond donors (Lipinski definition) is 1. The number of likely N-dealkylation sites (N-methyl/N-ethyl adjacent to an activating group) is 1. The highest BCUT2D eigenvalue weighted by molar-refractivity contribution is 5.92. The number of nitrogens with one attached hydrogen (secondary N) is 1. The van der Waals surface area contributed by atoms with Crippen molar-refractivity contribution in [1.82, 2.24) is 10.2 Å². The van der Waals surface area contributed by atoms with Gasteiger partial charge < -0.3 is 10.2 Å². The zero-order chi connectivity index (χ0) is 14.3. The number of nitrogens with zero attached hydrogens (tertiary/aromatic N) is 1. The van der Waals surface area contributed by atoms with Gasteiger partial charge in [-0.2, -0.15) is 0 Å². The molecule has 3 heteroatoms. The van der Waals surface area contributed by atoms with Crippen LogP contribution in [-0.2, 0) is 4.79 Å². The zero-order valence-electron chi connectivity index (χ0n) is 12.3. The van der Waals surface area contributed by atoms with E-state index in [-0.39, 0.29) is 11.9 Å². The predicted octanol–water partition coefficient (Wildman–Crippen LogP) is 2.76. The normalized spacial score (nSPS) is 13.4. The van der Waals surface area contributed by atoms with Gasteiger partial charge in [-0.05, 0) is 33.0 Å². The second-order valence-electron chi connectivity index (χ2n) is 4.90. The molecule has 1 aromatic carbocycles. The van der Waals surface area contributed by atoms with E-state index in [4.69, 9.17) is 0 Å². The smallest absolute Gasteiger partial charge is 0.246 e. The van der Waals surface area contributed by atoms with Gasteiger partial charge in [-0.25, -0.2) is 0 Å². The minimum atomic E-state index is 0.0182. The summed E-state index contributed by atoms with van der Waals surface area (Å²) in [6.45, 7) is 4.50. The summed E-state index contributed by atoms with van der Waals surface area (Å²) in [5, 5.41) is 3.00. The van der Waals surface area contributed by atoms with Gasteiger partial charge in [-0.1, -0.05) is 43.3 Å². The first kappa shape index (κ1) is 15.4. The molecule has 1 atom stereocenters. The van der Waals surface area contributed by atoms with Crippen LogP contribution in [0.25, 0.3) is 0 Å². The highest BCUT2D eigenvalue weighted by Crippen LogP contribution is 2.16. The van der Waals surface area contributed by atoms with Crippen molar-refractivity contribution < 1.29 is 4.79 Å². The molecule has 0 unspecified atom stereocenters. The van der Waals surface area contributed by atoms with E-state index in [0.29, 0.717) is 6.54 Å². The van der Waals surface area contributed by atoms with Crippen molar-refractivity contribution >= 4 is 5.91 Å². The van der Waals surface area contributed by atoms with Crippen molar-refractivity contribution in [1.29, 1.82) is 0 Å². The standard InChI is InChI=1S/C16H24N2O/c1-5-9-13(2)16(19)17-12-15(18(3)4)14-10-7-6-8-11-14/h6-11,15H,5,12H2,1-4H3,(H,17,19)/b13-9+/t15-/m1/s1. The fourth-order valence-electron chi connectivity index (χ4n) is 2.00. The van der Waals surface area contributed by atoms with Crippen LogP contribution in [0.5, 0.6) is 0 Å². The summed E-state index contributed by atoms with van der Waals surface area (Å²) in [6, 6.07) is 10.4. The van der Waals surface area contributed by atoms with E-state index < -0.39 is 0 Å². The van der Waals surface area contributed by atoms with Crippen molar-refractivity contribution in [2.75, 3.05) is 20.6 Å². The van der Waals surface area contributed by atoms with Crippen molar-refractivity contribution in [2.24, 2.45) is 0 Å². The first-order valence-corrected chi connectivity index (χ1v) is 6.72. The van der Waals surface area contributed by atoms with Crippen LogP contribution in [0.1, 0.15) is 31.9 Å². The Morgan fingerprint density at radius 1 is 1.32 bits per heavy atom. The molecular formula is C16H24N2O. The summed E-state index contributed by atoms with van der Waals surface area (Å²) in [5.74, 6) is 0.0182. The number of carbonyl (C=O) groups is 1. The van der Waals surface area contributed by atoms with Crippen LogP contribution in [0.15, 0.2) is 42.0 Å². The van der Waals surface area contributed by atoms with E-state index in [1.54, 1.807) is 0 Å². The van der Waals surface area contributed by atoms with Gasteiger partial charge in [0.1, 0.15) is 0 Å².